The molecule has 1 saturated heterocycles. The Hall–Kier alpha value is -1.88. The first-order valence-corrected chi connectivity index (χ1v) is 10.1. The number of piperidine rings is 1. The summed E-state index contributed by atoms with van der Waals surface area (Å²) in [5, 5.41) is 6.63. The SMILES string of the molecule is O=C1Nc2ccccc2CC1CCC(=O)N1CCC(NCC2CC2)CC1. The van der Waals surface area contributed by atoms with Gasteiger partial charge in [-0.15, -0.1) is 0 Å². The van der Waals surface area contributed by atoms with Crippen LogP contribution in [0.5, 0.6) is 0 Å². The monoisotopic (exact) mass is 355 g/mol. The molecule has 26 heavy (non-hydrogen) atoms. The summed E-state index contributed by atoms with van der Waals surface area (Å²) in [5.74, 6) is 1.07. The van der Waals surface area contributed by atoms with Gasteiger partial charge in [-0.25, -0.2) is 0 Å². The molecular formula is C21H29N3O2. The first-order valence-electron chi connectivity index (χ1n) is 10.1. The Morgan fingerprint density at radius 3 is 2.69 bits per heavy atom. The third kappa shape index (κ3) is 4.26. The van der Waals surface area contributed by atoms with E-state index in [9.17, 15) is 9.59 Å². The number of fused-ring (bicyclic) bond motifs is 1. The Morgan fingerprint density at radius 1 is 1.15 bits per heavy atom. The molecule has 1 atom stereocenters. The lowest BCUT2D eigenvalue weighted by atomic mass is 9.89. The summed E-state index contributed by atoms with van der Waals surface area (Å²) in [6.07, 6.45) is 6.71. The molecule has 1 aromatic rings. The largest absolute Gasteiger partial charge is 0.343 e. The van der Waals surface area contributed by atoms with E-state index in [1.807, 2.05) is 23.1 Å². The molecule has 2 aliphatic heterocycles. The number of hydrogen-bond acceptors (Lipinski definition) is 3. The highest BCUT2D eigenvalue weighted by molar-refractivity contribution is 5.96. The minimum Gasteiger partial charge on any atom is -0.343 e. The van der Waals surface area contributed by atoms with Gasteiger partial charge in [0.15, 0.2) is 0 Å². The maximum atomic E-state index is 12.5. The zero-order valence-corrected chi connectivity index (χ0v) is 15.4. The minimum atomic E-state index is -0.0911. The summed E-state index contributed by atoms with van der Waals surface area (Å²) >= 11 is 0. The molecule has 2 amide bonds. The van der Waals surface area contributed by atoms with Crippen LogP contribution in [0.1, 0.15) is 44.1 Å². The molecule has 0 spiro atoms. The molecule has 1 aromatic carbocycles. The fourth-order valence-electron chi connectivity index (χ4n) is 4.09. The number of carbonyl (C=O) groups excluding carboxylic acids is 2. The standard InChI is InChI=1S/C21H29N3O2/c25-20(24-11-9-18(10-12-24)22-14-15-5-6-15)8-7-17-13-16-3-1-2-4-19(16)23-21(17)26/h1-4,15,17-18,22H,5-14H2,(H,23,26). The number of amides is 2. The van der Waals surface area contributed by atoms with Gasteiger partial charge in [-0.05, 0) is 62.6 Å². The van der Waals surface area contributed by atoms with Crippen molar-refractivity contribution in [3.63, 3.8) is 0 Å². The van der Waals surface area contributed by atoms with Crippen LogP contribution in [0.2, 0.25) is 0 Å². The second-order valence-corrected chi connectivity index (χ2v) is 8.09. The van der Waals surface area contributed by atoms with Crippen LogP contribution < -0.4 is 10.6 Å². The van der Waals surface area contributed by atoms with E-state index in [0.29, 0.717) is 18.9 Å². The van der Waals surface area contributed by atoms with Crippen LogP contribution in [0.15, 0.2) is 24.3 Å². The molecule has 2 N–H and O–H groups in total. The Morgan fingerprint density at radius 2 is 1.92 bits per heavy atom. The summed E-state index contributed by atoms with van der Waals surface area (Å²) in [6.45, 7) is 2.85. The quantitative estimate of drug-likeness (QED) is 0.824. The average molecular weight is 355 g/mol. The predicted octanol–water partition coefficient (Wildman–Crippen LogP) is 2.57. The highest BCUT2D eigenvalue weighted by atomic mass is 16.2. The summed E-state index contributed by atoms with van der Waals surface area (Å²) < 4.78 is 0. The normalized spacial score (nSPS) is 23.5. The molecule has 2 heterocycles. The van der Waals surface area contributed by atoms with Crippen LogP contribution in [0.4, 0.5) is 5.69 Å². The zero-order valence-electron chi connectivity index (χ0n) is 15.4. The lowest BCUT2D eigenvalue weighted by Gasteiger charge is -2.33. The van der Waals surface area contributed by atoms with Gasteiger partial charge in [0, 0.05) is 37.2 Å². The minimum absolute atomic E-state index is 0.0551. The Labute approximate surface area is 155 Å². The Kier molecular flexibility index (Phi) is 5.25. The average Bonchev–Trinajstić information content (AvgIpc) is 3.49. The smallest absolute Gasteiger partial charge is 0.227 e. The van der Waals surface area contributed by atoms with E-state index >= 15 is 0 Å². The maximum absolute atomic E-state index is 12.5. The second kappa shape index (κ2) is 7.78. The van der Waals surface area contributed by atoms with E-state index in [-0.39, 0.29) is 17.7 Å². The van der Waals surface area contributed by atoms with E-state index in [2.05, 4.69) is 16.7 Å². The van der Waals surface area contributed by atoms with E-state index < -0.39 is 0 Å². The van der Waals surface area contributed by atoms with E-state index in [1.54, 1.807) is 0 Å². The predicted molar refractivity (Wildman–Crippen MR) is 102 cm³/mol. The van der Waals surface area contributed by atoms with Crippen LogP contribution in [-0.4, -0.2) is 42.4 Å². The van der Waals surface area contributed by atoms with Gasteiger partial charge in [0.05, 0.1) is 0 Å². The maximum Gasteiger partial charge on any atom is 0.227 e. The molecule has 2 fully saturated rings. The highest BCUT2D eigenvalue weighted by Gasteiger charge is 2.29. The Balaban J connectivity index is 1.21. The first-order chi connectivity index (χ1) is 12.7. The molecule has 1 aliphatic carbocycles. The zero-order chi connectivity index (χ0) is 17.9. The number of nitrogens with one attached hydrogen (secondary N) is 2. The van der Waals surface area contributed by atoms with Crippen molar-refractivity contribution >= 4 is 17.5 Å². The molecule has 4 rings (SSSR count). The van der Waals surface area contributed by atoms with Crippen LogP contribution >= 0.6 is 0 Å². The number of likely N-dealkylation sites (tertiary alicyclic amines) is 1. The topological polar surface area (TPSA) is 61.4 Å². The molecule has 5 nitrogen and oxygen atoms in total. The number of hydrogen-bond donors (Lipinski definition) is 2. The van der Waals surface area contributed by atoms with Gasteiger partial charge in [-0.2, -0.15) is 0 Å². The van der Waals surface area contributed by atoms with Gasteiger partial charge in [0.25, 0.3) is 0 Å². The van der Waals surface area contributed by atoms with E-state index in [1.165, 1.54) is 18.4 Å². The van der Waals surface area contributed by atoms with E-state index in [4.69, 9.17) is 0 Å². The molecule has 3 aliphatic rings. The van der Waals surface area contributed by atoms with Crippen molar-refractivity contribution in [1.82, 2.24) is 10.2 Å². The van der Waals surface area contributed by atoms with Crippen molar-refractivity contribution < 1.29 is 9.59 Å². The van der Waals surface area contributed by atoms with Gasteiger partial charge in [-0.1, -0.05) is 18.2 Å². The highest BCUT2D eigenvalue weighted by Crippen LogP contribution is 2.29. The Bertz CT molecular complexity index is 663. The van der Waals surface area contributed by atoms with Gasteiger partial charge in [0.2, 0.25) is 11.8 Å². The third-order valence-corrected chi connectivity index (χ3v) is 6.06. The fourth-order valence-corrected chi connectivity index (χ4v) is 4.09. The molecule has 0 bridgehead atoms. The molecule has 5 heteroatoms. The number of para-hydroxylation sites is 1. The van der Waals surface area contributed by atoms with Crippen LogP contribution in [0.25, 0.3) is 0 Å². The number of nitrogens with zero attached hydrogens (tertiary/aromatic N) is 1. The molecule has 1 saturated carbocycles. The van der Waals surface area contributed by atoms with E-state index in [0.717, 1.165) is 50.5 Å². The van der Waals surface area contributed by atoms with Gasteiger partial charge >= 0.3 is 0 Å². The third-order valence-electron chi connectivity index (χ3n) is 6.06. The number of anilines is 1. The lowest BCUT2D eigenvalue weighted by Crippen LogP contribution is -2.45. The number of benzene rings is 1. The summed E-state index contributed by atoms with van der Waals surface area (Å²) in [6, 6.07) is 8.51. The van der Waals surface area contributed by atoms with Crippen LogP contribution in [-0.2, 0) is 16.0 Å². The lowest BCUT2D eigenvalue weighted by molar-refractivity contribution is -0.132. The number of rotatable bonds is 6. The summed E-state index contributed by atoms with van der Waals surface area (Å²) in [7, 11) is 0. The molecule has 0 aromatic heterocycles. The van der Waals surface area contributed by atoms with Gasteiger partial charge < -0.3 is 15.5 Å². The molecule has 1 unspecified atom stereocenters. The van der Waals surface area contributed by atoms with Crippen molar-refractivity contribution in [2.75, 3.05) is 25.0 Å². The van der Waals surface area contributed by atoms with Gasteiger partial charge in [-0.3, -0.25) is 9.59 Å². The fraction of sp³-hybridized carbons (Fsp3) is 0.619. The molecule has 0 radical (unpaired) electrons. The van der Waals surface area contributed by atoms with Crippen LogP contribution in [0.3, 0.4) is 0 Å². The molecule has 140 valence electrons. The van der Waals surface area contributed by atoms with Crippen molar-refractivity contribution in [3.05, 3.63) is 29.8 Å². The van der Waals surface area contributed by atoms with Crippen molar-refractivity contribution in [2.45, 2.75) is 51.0 Å². The summed E-state index contributed by atoms with van der Waals surface area (Å²) in [5.41, 5.74) is 2.09. The first kappa shape index (κ1) is 17.5. The van der Waals surface area contributed by atoms with Crippen molar-refractivity contribution in [2.24, 2.45) is 11.8 Å². The van der Waals surface area contributed by atoms with Crippen molar-refractivity contribution in [1.29, 1.82) is 0 Å². The molecular weight excluding hydrogens is 326 g/mol. The van der Waals surface area contributed by atoms with Crippen molar-refractivity contribution in [3.8, 4) is 0 Å². The number of carbonyl (C=O) groups is 2. The van der Waals surface area contributed by atoms with Gasteiger partial charge in [0.1, 0.15) is 0 Å². The summed E-state index contributed by atoms with van der Waals surface area (Å²) in [4.78, 5) is 26.8. The van der Waals surface area contributed by atoms with Crippen LogP contribution in [0, 0.1) is 11.8 Å². The second-order valence-electron chi connectivity index (χ2n) is 8.09.